The number of nitro benzene ring substituents is 1. The fourth-order valence-electron chi connectivity index (χ4n) is 2.05. The van der Waals surface area contributed by atoms with E-state index in [-0.39, 0.29) is 24.6 Å². The van der Waals surface area contributed by atoms with Crippen LogP contribution < -0.4 is 5.32 Å². The van der Waals surface area contributed by atoms with E-state index < -0.39 is 4.92 Å². The van der Waals surface area contributed by atoms with E-state index in [2.05, 4.69) is 11.4 Å². The largest absolute Gasteiger partial charge is 0.308 e. The van der Waals surface area contributed by atoms with Crippen LogP contribution in [0.4, 0.5) is 10.1 Å². The molecule has 0 unspecified atom stereocenters. The summed E-state index contributed by atoms with van der Waals surface area (Å²) in [5.74, 6) is -0.338. The van der Waals surface area contributed by atoms with E-state index in [0.29, 0.717) is 11.1 Å². The van der Waals surface area contributed by atoms with Gasteiger partial charge in [0.25, 0.3) is 5.69 Å². The van der Waals surface area contributed by atoms with Crippen LogP contribution in [0.25, 0.3) is 6.08 Å². The molecule has 0 heterocycles. The molecule has 23 heavy (non-hydrogen) atoms. The Hall–Kier alpha value is -3.04. The third-order valence-corrected chi connectivity index (χ3v) is 3.17. The monoisotopic (exact) mass is 311 g/mol. The second-order valence-electron chi connectivity index (χ2n) is 4.82. The highest BCUT2D eigenvalue weighted by Gasteiger charge is 2.11. The number of halogens is 1. The van der Waals surface area contributed by atoms with Crippen molar-refractivity contribution in [2.45, 2.75) is 6.54 Å². The van der Waals surface area contributed by atoms with Crippen LogP contribution >= 0.6 is 0 Å². The predicted octanol–water partition coefficient (Wildman–Crippen LogP) is 3.43. The summed E-state index contributed by atoms with van der Waals surface area (Å²) < 4.78 is 12.8. The van der Waals surface area contributed by atoms with Crippen LogP contribution in [0, 0.1) is 27.3 Å². The second-order valence-corrected chi connectivity index (χ2v) is 4.82. The molecule has 1 N–H and O–H groups in total. The average Bonchev–Trinajstić information content (AvgIpc) is 2.56. The van der Waals surface area contributed by atoms with Gasteiger partial charge in [-0.05, 0) is 23.8 Å². The van der Waals surface area contributed by atoms with E-state index in [1.807, 2.05) is 0 Å². The molecule has 116 valence electrons. The predicted molar refractivity (Wildman–Crippen MR) is 84.8 cm³/mol. The molecule has 0 aliphatic carbocycles. The van der Waals surface area contributed by atoms with Gasteiger partial charge in [-0.25, -0.2) is 4.39 Å². The molecule has 0 atom stereocenters. The molecule has 0 aliphatic heterocycles. The highest BCUT2D eigenvalue weighted by Crippen LogP contribution is 2.17. The molecule has 0 amide bonds. The van der Waals surface area contributed by atoms with Crippen molar-refractivity contribution in [2.24, 2.45) is 0 Å². The van der Waals surface area contributed by atoms with Crippen molar-refractivity contribution in [2.75, 3.05) is 6.54 Å². The van der Waals surface area contributed by atoms with Gasteiger partial charge in [-0.15, -0.1) is 0 Å². The van der Waals surface area contributed by atoms with Crippen LogP contribution in [0.2, 0.25) is 0 Å². The maximum atomic E-state index is 12.8. The number of nitrogens with one attached hydrogen (secondary N) is 1. The lowest BCUT2D eigenvalue weighted by atomic mass is 10.1. The normalized spacial score (nSPS) is 11.0. The van der Waals surface area contributed by atoms with Gasteiger partial charge in [0.2, 0.25) is 0 Å². The Balaban J connectivity index is 2.01. The molecular weight excluding hydrogens is 297 g/mol. The van der Waals surface area contributed by atoms with Gasteiger partial charge in [0, 0.05) is 30.3 Å². The number of nitriles is 1. The van der Waals surface area contributed by atoms with Crippen molar-refractivity contribution in [3.63, 3.8) is 0 Å². The third kappa shape index (κ3) is 4.73. The summed E-state index contributed by atoms with van der Waals surface area (Å²) in [5.41, 5.74) is 1.77. The topological polar surface area (TPSA) is 79.0 Å². The first-order chi connectivity index (χ1) is 11.1. The molecule has 0 radical (unpaired) electrons. The van der Waals surface area contributed by atoms with E-state index in [4.69, 9.17) is 5.26 Å². The number of para-hydroxylation sites is 1. The van der Waals surface area contributed by atoms with Crippen molar-refractivity contribution < 1.29 is 9.31 Å². The Morgan fingerprint density at radius 1 is 1.26 bits per heavy atom. The van der Waals surface area contributed by atoms with Gasteiger partial charge in [-0.2, -0.15) is 5.26 Å². The highest BCUT2D eigenvalue weighted by atomic mass is 19.1. The Labute approximate surface area is 132 Å². The fourth-order valence-corrected chi connectivity index (χ4v) is 2.05. The van der Waals surface area contributed by atoms with E-state index in [9.17, 15) is 14.5 Å². The van der Waals surface area contributed by atoms with Gasteiger partial charge in [0.05, 0.1) is 11.0 Å². The first-order valence-corrected chi connectivity index (χ1v) is 6.89. The maximum Gasteiger partial charge on any atom is 0.273 e. The summed E-state index contributed by atoms with van der Waals surface area (Å²) >= 11 is 0. The molecule has 0 aromatic heterocycles. The van der Waals surface area contributed by atoms with Gasteiger partial charge in [0.15, 0.2) is 0 Å². The zero-order chi connectivity index (χ0) is 16.7. The number of rotatable bonds is 6. The maximum absolute atomic E-state index is 12.8. The summed E-state index contributed by atoms with van der Waals surface area (Å²) in [6.07, 6.45) is 1.64. The van der Waals surface area contributed by atoms with Crippen LogP contribution in [0.15, 0.2) is 54.1 Å². The SMILES string of the molecule is N#C/C(=C\c1ccc(F)cc1)CNCc1ccccc1[N+](=O)[O-]. The zero-order valence-corrected chi connectivity index (χ0v) is 12.2. The Kier molecular flexibility index (Phi) is 5.56. The molecule has 2 aromatic rings. The van der Waals surface area contributed by atoms with Crippen molar-refractivity contribution in [3.05, 3.63) is 81.2 Å². The van der Waals surface area contributed by atoms with Crippen LogP contribution in [0.3, 0.4) is 0 Å². The molecule has 0 saturated carbocycles. The molecule has 0 aliphatic rings. The molecule has 0 saturated heterocycles. The molecule has 5 nitrogen and oxygen atoms in total. The van der Waals surface area contributed by atoms with Crippen LogP contribution in [-0.4, -0.2) is 11.5 Å². The molecule has 2 rings (SSSR count). The van der Waals surface area contributed by atoms with E-state index in [1.165, 1.54) is 18.2 Å². The highest BCUT2D eigenvalue weighted by molar-refractivity contribution is 5.57. The third-order valence-electron chi connectivity index (χ3n) is 3.17. The number of nitrogens with zero attached hydrogens (tertiary/aromatic N) is 2. The van der Waals surface area contributed by atoms with Crippen molar-refractivity contribution >= 4 is 11.8 Å². The zero-order valence-electron chi connectivity index (χ0n) is 12.2. The second kappa shape index (κ2) is 7.82. The van der Waals surface area contributed by atoms with E-state index >= 15 is 0 Å². The minimum Gasteiger partial charge on any atom is -0.308 e. The minimum absolute atomic E-state index is 0.0426. The Morgan fingerprint density at radius 2 is 1.96 bits per heavy atom. The Bertz CT molecular complexity index is 764. The summed E-state index contributed by atoms with van der Waals surface area (Å²) in [6, 6.07) is 14.3. The Morgan fingerprint density at radius 3 is 2.61 bits per heavy atom. The summed E-state index contributed by atoms with van der Waals surface area (Å²) in [7, 11) is 0. The molecule has 2 aromatic carbocycles. The number of nitro groups is 1. The van der Waals surface area contributed by atoms with Crippen molar-refractivity contribution in [3.8, 4) is 6.07 Å². The minimum atomic E-state index is -0.434. The lowest BCUT2D eigenvalue weighted by Gasteiger charge is -2.05. The van der Waals surface area contributed by atoms with Crippen LogP contribution in [0.5, 0.6) is 0 Å². The standard InChI is InChI=1S/C17H14FN3O2/c18-16-7-5-13(6-8-16)9-14(10-19)11-20-12-15-3-1-2-4-17(15)21(22)23/h1-9,20H,11-12H2/b14-9+. The van der Waals surface area contributed by atoms with Gasteiger partial charge in [0.1, 0.15) is 5.82 Å². The van der Waals surface area contributed by atoms with Crippen molar-refractivity contribution in [1.82, 2.24) is 5.32 Å². The summed E-state index contributed by atoms with van der Waals surface area (Å²) in [6.45, 7) is 0.541. The molecule has 0 bridgehead atoms. The average molecular weight is 311 g/mol. The van der Waals surface area contributed by atoms with Gasteiger partial charge < -0.3 is 5.32 Å². The van der Waals surface area contributed by atoms with Crippen molar-refractivity contribution in [1.29, 1.82) is 5.26 Å². The quantitative estimate of drug-likeness (QED) is 0.503. The van der Waals surface area contributed by atoms with Gasteiger partial charge in [-0.1, -0.05) is 30.3 Å². The van der Waals surface area contributed by atoms with Crippen LogP contribution in [0.1, 0.15) is 11.1 Å². The first-order valence-electron chi connectivity index (χ1n) is 6.89. The number of hydrogen-bond acceptors (Lipinski definition) is 4. The summed E-state index contributed by atoms with van der Waals surface area (Å²) in [4.78, 5) is 10.5. The number of benzene rings is 2. The molecular formula is C17H14FN3O2. The van der Waals surface area contributed by atoms with E-state index in [1.54, 1.807) is 36.4 Å². The van der Waals surface area contributed by atoms with Gasteiger partial charge >= 0.3 is 0 Å². The fraction of sp³-hybridized carbons (Fsp3) is 0.118. The van der Waals surface area contributed by atoms with Crippen LogP contribution in [-0.2, 0) is 6.54 Å². The summed E-state index contributed by atoms with van der Waals surface area (Å²) in [5, 5.41) is 23.1. The van der Waals surface area contributed by atoms with Gasteiger partial charge in [-0.3, -0.25) is 10.1 Å². The van der Waals surface area contributed by atoms with E-state index in [0.717, 1.165) is 5.56 Å². The lowest BCUT2D eigenvalue weighted by Crippen LogP contribution is -2.16. The molecule has 0 fully saturated rings. The smallest absolute Gasteiger partial charge is 0.273 e. The molecule has 6 heteroatoms. The molecule has 0 spiro atoms. The first kappa shape index (κ1) is 16.3. The lowest BCUT2D eigenvalue weighted by molar-refractivity contribution is -0.385. The number of hydrogen-bond donors (Lipinski definition) is 1.